The van der Waals surface area contributed by atoms with Crippen LogP contribution in [0.4, 0.5) is 0 Å². The molecule has 0 saturated carbocycles. The smallest absolute Gasteiger partial charge is 0.0776 e. The average Bonchev–Trinajstić information content (AvgIpc) is 2.53. The zero-order valence-corrected chi connectivity index (χ0v) is 12.0. The molecule has 2 rings (SSSR count). The van der Waals surface area contributed by atoms with Crippen LogP contribution in [0.2, 0.25) is 0 Å². The zero-order chi connectivity index (χ0) is 14.4. The van der Waals surface area contributed by atoms with E-state index < -0.39 is 0 Å². The predicted octanol–water partition coefficient (Wildman–Crippen LogP) is 3.28. The summed E-state index contributed by atoms with van der Waals surface area (Å²) in [6, 6.07) is 18.8. The molecule has 2 unspecified atom stereocenters. The van der Waals surface area contributed by atoms with Gasteiger partial charge in [0.25, 0.3) is 0 Å². The monoisotopic (exact) mass is 270 g/mol. The molecule has 0 amide bonds. The van der Waals surface area contributed by atoms with Gasteiger partial charge < -0.3 is 4.74 Å². The topological polar surface area (TPSA) is 47.3 Å². The maximum atomic E-state index is 5.68. The Morgan fingerprint density at radius 1 is 1.00 bits per heavy atom. The lowest BCUT2D eigenvalue weighted by Gasteiger charge is -2.24. The van der Waals surface area contributed by atoms with Crippen molar-refractivity contribution in [2.75, 3.05) is 7.11 Å². The first-order valence-corrected chi connectivity index (χ1v) is 6.94. The minimum absolute atomic E-state index is 0.00910. The summed E-state index contributed by atoms with van der Waals surface area (Å²) in [6.45, 7) is 2.09. The fourth-order valence-corrected chi connectivity index (χ4v) is 2.47. The van der Waals surface area contributed by atoms with Gasteiger partial charge in [0.1, 0.15) is 0 Å². The van der Waals surface area contributed by atoms with Crippen molar-refractivity contribution in [2.24, 2.45) is 5.84 Å². The standard InChI is InChI=1S/C17H22N2O/c1-3-16(20-2)17(19-18)15-11-9-14(10-12-15)13-7-5-4-6-8-13/h4-12,16-17,19H,3,18H2,1-2H3. The molecule has 0 radical (unpaired) electrons. The van der Waals surface area contributed by atoms with Gasteiger partial charge in [-0.2, -0.15) is 0 Å². The molecule has 3 N–H and O–H groups in total. The van der Waals surface area contributed by atoms with Gasteiger partial charge in [-0.15, -0.1) is 0 Å². The second-order valence-electron chi connectivity index (χ2n) is 4.81. The number of hydrogen-bond donors (Lipinski definition) is 2. The lowest BCUT2D eigenvalue weighted by atomic mass is 9.97. The molecule has 0 spiro atoms. The molecule has 0 bridgehead atoms. The maximum absolute atomic E-state index is 5.68. The minimum Gasteiger partial charge on any atom is -0.379 e. The Bertz CT molecular complexity index is 506. The Labute approximate surface area is 120 Å². The van der Waals surface area contributed by atoms with Gasteiger partial charge in [-0.3, -0.25) is 11.3 Å². The summed E-state index contributed by atoms with van der Waals surface area (Å²) in [7, 11) is 1.72. The number of ether oxygens (including phenoxy) is 1. The van der Waals surface area contributed by atoms with E-state index >= 15 is 0 Å². The van der Waals surface area contributed by atoms with E-state index in [1.165, 1.54) is 11.1 Å². The molecular formula is C17H22N2O. The Hall–Kier alpha value is -1.68. The van der Waals surface area contributed by atoms with Crippen LogP contribution in [0, 0.1) is 0 Å². The van der Waals surface area contributed by atoms with Gasteiger partial charge >= 0.3 is 0 Å². The van der Waals surface area contributed by atoms with Crippen molar-refractivity contribution >= 4 is 0 Å². The summed E-state index contributed by atoms with van der Waals surface area (Å²) in [4.78, 5) is 0. The van der Waals surface area contributed by atoms with E-state index in [0.717, 1.165) is 12.0 Å². The fraction of sp³-hybridized carbons (Fsp3) is 0.294. The van der Waals surface area contributed by atoms with Crippen LogP contribution in [0.3, 0.4) is 0 Å². The summed E-state index contributed by atoms with van der Waals surface area (Å²) in [6.07, 6.45) is 0.980. The molecule has 0 fully saturated rings. The summed E-state index contributed by atoms with van der Waals surface area (Å²) in [5.41, 5.74) is 6.42. The minimum atomic E-state index is 0.00910. The van der Waals surface area contributed by atoms with E-state index in [1.54, 1.807) is 7.11 Å². The molecule has 0 aliphatic heterocycles. The molecule has 3 nitrogen and oxygen atoms in total. The van der Waals surface area contributed by atoms with Crippen molar-refractivity contribution < 1.29 is 4.74 Å². The third-order valence-corrected chi connectivity index (χ3v) is 3.63. The Kier molecular flexibility index (Phi) is 5.30. The highest BCUT2D eigenvalue weighted by Crippen LogP contribution is 2.24. The van der Waals surface area contributed by atoms with Gasteiger partial charge in [0.15, 0.2) is 0 Å². The van der Waals surface area contributed by atoms with Crippen molar-refractivity contribution in [1.82, 2.24) is 5.43 Å². The van der Waals surface area contributed by atoms with E-state index in [2.05, 4.69) is 48.7 Å². The first-order chi connectivity index (χ1) is 9.80. The van der Waals surface area contributed by atoms with Crippen molar-refractivity contribution in [3.05, 3.63) is 60.2 Å². The largest absolute Gasteiger partial charge is 0.379 e. The molecule has 0 aliphatic carbocycles. The normalized spacial score (nSPS) is 13.9. The number of hydrazine groups is 1. The average molecular weight is 270 g/mol. The highest BCUT2D eigenvalue weighted by atomic mass is 16.5. The molecule has 2 aromatic rings. The van der Waals surface area contributed by atoms with E-state index in [-0.39, 0.29) is 12.1 Å². The van der Waals surface area contributed by atoms with Gasteiger partial charge in [0, 0.05) is 7.11 Å². The van der Waals surface area contributed by atoms with Crippen molar-refractivity contribution in [3.63, 3.8) is 0 Å². The highest BCUT2D eigenvalue weighted by molar-refractivity contribution is 5.63. The van der Waals surface area contributed by atoms with Crippen LogP contribution in [-0.2, 0) is 4.74 Å². The lowest BCUT2D eigenvalue weighted by Crippen LogP contribution is -2.37. The summed E-state index contributed by atoms with van der Waals surface area (Å²) in [5, 5.41) is 0. The molecule has 0 heterocycles. The number of nitrogens with two attached hydrogens (primary N) is 1. The fourth-order valence-electron chi connectivity index (χ4n) is 2.47. The van der Waals surface area contributed by atoms with Crippen molar-refractivity contribution in [2.45, 2.75) is 25.5 Å². The summed E-state index contributed by atoms with van der Waals surface area (Å²) >= 11 is 0. The van der Waals surface area contributed by atoms with Crippen LogP contribution in [0.1, 0.15) is 24.9 Å². The molecule has 20 heavy (non-hydrogen) atoms. The molecular weight excluding hydrogens is 248 g/mol. The number of hydrogen-bond acceptors (Lipinski definition) is 3. The SMILES string of the molecule is CCC(OC)C(NN)c1ccc(-c2ccccc2)cc1. The number of methoxy groups -OCH3 is 1. The highest BCUT2D eigenvalue weighted by Gasteiger charge is 2.20. The third-order valence-electron chi connectivity index (χ3n) is 3.63. The summed E-state index contributed by atoms with van der Waals surface area (Å²) in [5.74, 6) is 5.68. The number of benzene rings is 2. The third kappa shape index (κ3) is 3.25. The van der Waals surface area contributed by atoms with Crippen LogP contribution >= 0.6 is 0 Å². The van der Waals surface area contributed by atoms with Crippen LogP contribution in [0.15, 0.2) is 54.6 Å². The zero-order valence-electron chi connectivity index (χ0n) is 12.0. The molecule has 2 atom stereocenters. The maximum Gasteiger partial charge on any atom is 0.0776 e. The molecule has 106 valence electrons. The van der Waals surface area contributed by atoms with Gasteiger partial charge in [-0.05, 0) is 23.1 Å². The first-order valence-electron chi connectivity index (χ1n) is 6.94. The van der Waals surface area contributed by atoms with Crippen LogP contribution in [-0.4, -0.2) is 13.2 Å². The quantitative estimate of drug-likeness (QED) is 0.625. The van der Waals surface area contributed by atoms with Crippen molar-refractivity contribution in [1.29, 1.82) is 0 Å². The molecule has 2 aromatic carbocycles. The van der Waals surface area contributed by atoms with Crippen LogP contribution < -0.4 is 11.3 Å². The number of nitrogens with one attached hydrogen (secondary N) is 1. The van der Waals surface area contributed by atoms with Gasteiger partial charge in [-0.1, -0.05) is 61.5 Å². The second kappa shape index (κ2) is 7.20. The Balaban J connectivity index is 2.23. The summed E-state index contributed by atoms with van der Waals surface area (Å²) < 4.78 is 5.48. The van der Waals surface area contributed by atoms with Crippen LogP contribution in [0.5, 0.6) is 0 Å². The predicted molar refractivity (Wildman–Crippen MR) is 83.0 cm³/mol. The molecule has 0 saturated heterocycles. The Morgan fingerprint density at radius 2 is 1.60 bits per heavy atom. The molecule has 0 aromatic heterocycles. The Morgan fingerprint density at radius 3 is 2.10 bits per heavy atom. The van der Waals surface area contributed by atoms with E-state index in [1.807, 2.05) is 18.2 Å². The van der Waals surface area contributed by atoms with E-state index in [4.69, 9.17) is 10.6 Å². The number of rotatable bonds is 6. The molecule has 0 aliphatic rings. The van der Waals surface area contributed by atoms with Gasteiger partial charge in [0.05, 0.1) is 12.1 Å². The van der Waals surface area contributed by atoms with Crippen LogP contribution in [0.25, 0.3) is 11.1 Å². The van der Waals surface area contributed by atoms with E-state index in [9.17, 15) is 0 Å². The molecule has 3 heteroatoms. The second-order valence-corrected chi connectivity index (χ2v) is 4.81. The van der Waals surface area contributed by atoms with Gasteiger partial charge in [0.2, 0.25) is 0 Å². The van der Waals surface area contributed by atoms with E-state index in [0.29, 0.717) is 0 Å². The van der Waals surface area contributed by atoms with Gasteiger partial charge in [-0.25, -0.2) is 0 Å². The first kappa shape index (κ1) is 14.7. The lowest BCUT2D eigenvalue weighted by molar-refractivity contribution is 0.0651. The van der Waals surface area contributed by atoms with Crippen molar-refractivity contribution in [3.8, 4) is 11.1 Å².